The molecule has 232 valence electrons. The molecule has 1 saturated heterocycles. The maximum atomic E-state index is 5.82. The topological polar surface area (TPSA) is 12.5 Å². The van der Waals surface area contributed by atoms with Crippen LogP contribution >= 0.6 is 19.4 Å². The minimum Gasteiger partial charge on any atom is -0.517 e. The van der Waals surface area contributed by atoms with Crippen molar-refractivity contribution in [2.45, 2.75) is 111 Å². The number of halogens is 2. The van der Waals surface area contributed by atoms with Crippen LogP contribution in [0, 0.1) is 20.4 Å². The van der Waals surface area contributed by atoms with E-state index < -0.39 is 13.5 Å². The number of ether oxygens (including phenoxy) is 1. The molecule has 0 saturated carbocycles. The molecule has 0 unspecified atom stereocenters. The van der Waals surface area contributed by atoms with Gasteiger partial charge in [0.25, 0.3) is 0 Å². The van der Waals surface area contributed by atoms with Gasteiger partial charge in [0, 0.05) is 11.2 Å². The first kappa shape index (κ1) is 34.8. The van der Waals surface area contributed by atoms with Gasteiger partial charge >= 0.3 is 97.8 Å². The SMILES string of the molecule is CC(C)Oc1ccccc1[CH]=[Ru]([Cl])[Cl].Cc1cc(C)cc([C@]2(C)[CH-]N(c3c(C(C)C)cccc3C(C)C)C(C)(C)C2)c1. The Morgan fingerprint density at radius 2 is 1.38 bits per heavy atom. The third-order valence-electron chi connectivity index (χ3n) is 7.80. The van der Waals surface area contributed by atoms with Crippen molar-refractivity contribution in [2.75, 3.05) is 4.90 Å². The molecule has 2 nitrogen and oxygen atoms in total. The molecule has 1 aliphatic heterocycles. The van der Waals surface area contributed by atoms with Gasteiger partial charge in [-0.1, -0.05) is 87.7 Å². The normalized spacial score (nSPS) is 18.3. The zero-order chi connectivity index (χ0) is 31.4. The van der Waals surface area contributed by atoms with Crippen LogP contribution in [-0.4, -0.2) is 16.3 Å². The van der Waals surface area contributed by atoms with Crippen molar-refractivity contribution in [2.24, 2.45) is 0 Å². The fourth-order valence-electron chi connectivity index (χ4n) is 6.14. The van der Waals surface area contributed by atoms with Crippen molar-refractivity contribution in [3.63, 3.8) is 0 Å². The van der Waals surface area contributed by atoms with Crippen LogP contribution in [0.5, 0.6) is 5.75 Å². The molecule has 1 aliphatic rings. The second-order valence-electron chi connectivity index (χ2n) is 13.4. The fraction of sp³-hybridized carbons (Fsp3) is 0.459. The summed E-state index contributed by atoms with van der Waals surface area (Å²) in [4.78, 5) is 2.61. The van der Waals surface area contributed by atoms with Gasteiger partial charge in [-0.2, -0.15) is 0 Å². The molecule has 0 N–H and O–H groups in total. The molecule has 0 spiro atoms. The summed E-state index contributed by atoms with van der Waals surface area (Å²) >= 11 is -1.77. The van der Waals surface area contributed by atoms with Crippen LogP contribution in [0.2, 0.25) is 0 Å². The third kappa shape index (κ3) is 8.71. The first-order valence-electron chi connectivity index (χ1n) is 15.0. The number of nitrogens with zero attached hydrogens (tertiary/aromatic N) is 1. The van der Waals surface area contributed by atoms with Gasteiger partial charge in [0.1, 0.15) is 0 Å². The minimum absolute atomic E-state index is 0.0403. The molecule has 1 atom stereocenters. The van der Waals surface area contributed by atoms with E-state index in [0.717, 1.165) is 17.7 Å². The number of hydrogen-bond acceptors (Lipinski definition) is 2. The standard InChI is InChI=1S/C27H38N.C10H12O.2ClH.Ru/c1-18(2)23-11-10-12-24(19(3)4)25(23)28-17-27(9,16-26(28,7)8)22-14-20(5)13-21(6)15-22;1-8(2)11-10-7-5-4-6-9(10)3;;;/h10-15,17-19H,16H2,1-9H3;3-8H,1-2H3;2*1H;/q-1;;;;+2/p-2/t27-;;;;/m0..../s1. The second kappa shape index (κ2) is 14.4. The molecule has 0 aromatic heterocycles. The molecule has 42 heavy (non-hydrogen) atoms. The van der Waals surface area contributed by atoms with E-state index in [1.54, 1.807) is 0 Å². The molecule has 3 aromatic carbocycles. The van der Waals surface area contributed by atoms with Gasteiger partial charge in [-0.25, -0.2) is 6.54 Å². The largest absolute Gasteiger partial charge is 0.517 e. The van der Waals surface area contributed by atoms with Crippen LogP contribution in [-0.2, 0) is 18.9 Å². The summed E-state index contributed by atoms with van der Waals surface area (Å²) in [5.41, 5.74) is 9.60. The molecule has 5 heteroatoms. The molecule has 4 rings (SSSR count). The van der Waals surface area contributed by atoms with Crippen molar-refractivity contribution < 1.29 is 18.3 Å². The Hall–Kier alpha value is -1.67. The number of para-hydroxylation sites is 2. The third-order valence-corrected chi connectivity index (χ3v) is 9.63. The van der Waals surface area contributed by atoms with Gasteiger partial charge < -0.3 is 4.90 Å². The Kier molecular flexibility index (Phi) is 11.9. The maximum absolute atomic E-state index is 5.82. The van der Waals surface area contributed by atoms with Crippen LogP contribution in [0.3, 0.4) is 0 Å². The van der Waals surface area contributed by atoms with E-state index in [1.165, 1.54) is 33.5 Å². The molecular formula is C37H50Cl2NORu-. The Labute approximate surface area is 269 Å². The zero-order valence-corrected chi connectivity index (χ0v) is 30.6. The van der Waals surface area contributed by atoms with Gasteiger partial charge in [-0.15, -0.1) is 5.41 Å². The van der Waals surface area contributed by atoms with Crippen molar-refractivity contribution in [3.8, 4) is 5.75 Å². The predicted octanol–water partition coefficient (Wildman–Crippen LogP) is 11.2. The first-order chi connectivity index (χ1) is 19.5. The molecule has 0 amide bonds. The van der Waals surface area contributed by atoms with Crippen LogP contribution in [0.1, 0.15) is 114 Å². The number of rotatable bonds is 7. The Bertz CT molecular complexity index is 1340. The molecule has 0 bridgehead atoms. The van der Waals surface area contributed by atoms with Crippen LogP contribution in [0.15, 0.2) is 60.7 Å². The summed E-state index contributed by atoms with van der Waals surface area (Å²) in [6.45, 7) is 27.4. The number of hydrogen-bond donors (Lipinski definition) is 0. The van der Waals surface area contributed by atoms with E-state index in [4.69, 9.17) is 24.1 Å². The molecule has 0 radical (unpaired) electrons. The predicted molar refractivity (Wildman–Crippen MR) is 182 cm³/mol. The first-order valence-corrected chi connectivity index (χ1v) is 20.5. The van der Waals surface area contributed by atoms with Gasteiger partial charge in [0.15, 0.2) is 0 Å². The Morgan fingerprint density at radius 3 is 1.88 bits per heavy atom. The maximum Gasteiger partial charge on any atom is 0.0145 e. The van der Waals surface area contributed by atoms with Crippen LogP contribution in [0.4, 0.5) is 5.69 Å². The molecule has 3 aromatic rings. The second-order valence-corrected chi connectivity index (χ2v) is 19.1. The summed E-state index contributed by atoms with van der Waals surface area (Å²) < 4.78 is 7.51. The summed E-state index contributed by atoms with van der Waals surface area (Å²) in [5.74, 6) is 1.86. The van der Waals surface area contributed by atoms with Gasteiger partial charge in [-0.3, -0.25) is 0 Å². The van der Waals surface area contributed by atoms with Gasteiger partial charge in [0.2, 0.25) is 0 Å². The average Bonchev–Trinajstić information content (AvgIpc) is 3.13. The summed E-state index contributed by atoms with van der Waals surface area (Å²) in [7, 11) is 11.6. The number of aryl methyl sites for hydroxylation is 2. The summed E-state index contributed by atoms with van der Waals surface area (Å²) in [6.07, 6.45) is 1.28. The average molecular weight is 697 g/mol. The van der Waals surface area contributed by atoms with Gasteiger partial charge in [0.05, 0.1) is 0 Å². The minimum atomic E-state index is -1.77. The van der Waals surface area contributed by atoms with E-state index in [9.17, 15) is 0 Å². The van der Waals surface area contributed by atoms with Crippen molar-refractivity contribution >= 4 is 29.7 Å². The quantitative estimate of drug-likeness (QED) is 0.180. The fourth-order valence-corrected chi connectivity index (χ4v) is 7.94. The van der Waals surface area contributed by atoms with Crippen LogP contribution < -0.4 is 9.64 Å². The Morgan fingerprint density at radius 1 is 0.833 bits per heavy atom. The molecular weight excluding hydrogens is 646 g/mol. The van der Waals surface area contributed by atoms with E-state index in [-0.39, 0.29) is 17.1 Å². The van der Waals surface area contributed by atoms with Crippen molar-refractivity contribution in [1.29, 1.82) is 0 Å². The molecule has 0 aliphatic carbocycles. The molecule has 1 fully saturated rings. The van der Waals surface area contributed by atoms with E-state index in [2.05, 4.69) is 110 Å². The van der Waals surface area contributed by atoms with Crippen LogP contribution in [0.25, 0.3) is 0 Å². The smallest absolute Gasteiger partial charge is 0.0145 e. The van der Waals surface area contributed by atoms with Crippen molar-refractivity contribution in [1.82, 2.24) is 0 Å². The van der Waals surface area contributed by atoms with Gasteiger partial charge in [-0.05, 0) is 57.1 Å². The van der Waals surface area contributed by atoms with E-state index >= 15 is 0 Å². The van der Waals surface area contributed by atoms with Crippen molar-refractivity contribution in [3.05, 3.63) is 101 Å². The monoisotopic (exact) mass is 696 g/mol. The zero-order valence-electron chi connectivity index (χ0n) is 27.3. The molecule has 1 heterocycles. The number of benzene rings is 3. The Balaban J connectivity index is 0.000000291. The summed E-state index contributed by atoms with van der Waals surface area (Å²) in [5, 5.41) is 0. The van der Waals surface area contributed by atoms with E-state index in [1.807, 2.05) is 42.7 Å². The van der Waals surface area contributed by atoms with E-state index in [0.29, 0.717) is 11.8 Å². The number of anilines is 1. The summed E-state index contributed by atoms with van der Waals surface area (Å²) in [6, 6.07) is 21.7.